The summed E-state index contributed by atoms with van der Waals surface area (Å²) in [5.74, 6) is -0.700. The molecule has 0 aliphatic rings. The molecule has 0 unspecified atom stereocenters. The fraction of sp³-hybridized carbons (Fsp3) is 0.0714. The second-order valence-electron chi connectivity index (χ2n) is 4.40. The van der Waals surface area contributed by atoms with E-state index in [1.54, 1.807) is 12.1 Å². The summed E-state index contributed by atoms with van der Waals surface area (Å²) in [5, 5.41) is 19.8. The molecule has 9 heteroatoms. The molecule has 0 heterocycles. The number of ether oxygens (including phenoxy) is 1. The van der Waals surface area contributed by atoms with Crippen LogP contribution in [0.3, 0.4) is 0 Å². The Kier molecular flexibility index (Phi) is 4.79. The van der Waals surface area contributed by atoms with Crippen molar-refractivity contribution in [2.24, 2.45) is 4.99 Å². The molecule has 0 bridgehead atoms. The number of rotatable bonds is 4. The van der Waals surface area contributed by atoms with Gasteiger partial charge in [-0.25, -0.2) is 0 Å². The van der Waals surface area contributed by atoms with Gasteiger partial charge in [0, 0.05) is 16.8 Å². The fourth-order valence-corrected chi connectivity index (χ4v) is 2.70. The molecule has 0 spiro atoms. The number of aliphatic imine (C=N–C) groups is 1. The summed E-state index contributed by atoms with van der Waals surface area (Å²) in [5.41, 5.74) is 0.0875. The summed E-state index contributed by atoms with van der Waals surface area (Å²) >= 11 is 5.76. The predicted octanol–water partition coefficient (Wildman–Crippen LogP) is 2.76. The van der Waals surface area contributed by atoms with Crippen molar-refractivity contribution in [1.82, 2.24) is 0 Å². The number of hydrogen-bond acceptors (Lipinski definition) is 6. The molecule has 0 aromatic heterocycles. The number of methoxy groups -OCH3 is 1. The maximum atomic E-state index is 11.2. The zero-order chi connectivity index (χ0) is 17.2. The van der Waals surface area contributed by atoms with Gasteiger partial charge >= 0.3 is 0 Å². The molecule has 0 radical (unpaired) electrons. The molecule has 0 aliphatic heterocycles. The molecular formula is C14H12ClNO6S. The molecule has 0 saturated carbocycles. The molecule has 0 amide bonds. The van der Waals surface area contributed by atoms with Crippen molar-refractivity contribution in [3.05, 3.63) is 40.9 Å². The van der Waals surface area contributed by atoms with Crippen LogP contribution in [0, 0.1) is 0 Å². The maximum absolute atomic E-state index is 11.2. The van der Waals surface area contributed by atoms with E-state index in [0.717, 1.165) is 6.07 Å². The van der Waals surface area contributed by atoms with Crippen LogP contribution in [-0.4, -0.2) is 36.5 Å². The fourth-order valence-electron chi connectivity index (χ4n) is 1.80. The van der Waals surface area contributed by atoms with Gasteiger partial charge in [0.1, 0.15) is 10.6 Å². The summed E-state index contributed by atoms with van der Waals surface area (Å²) < 4.78 is 36.4. The largest absolute Gasteiger partial charge is 0.504 e. The molecule has 0 fully saturated rings. The van der Waals surface area contributed by atoms with Gasteiger partial charge in [-0.1, -0.05) is 17.7 Å². The van der Waals surface area contributed by atoms with Gasteiger partial charge in [0.05, 0.1) is 7.11 Å². The number of aromatic hydroxyl groups is 2. The van der Waals surface area contributed by atoms with E-state index in [1.165, 1.54) is 25.5 Å². The lowest BCUT2D eigenvalue weighted by molar-refractivity contribution is 0.373. The Morgan fingerprint density at radius 1 is 1.22 bits per heavy atom. The van der Waals surface area contributed by atoms with Crippen LogP contribution < -0.4 is 4.74 Å². The lowest BCUT2D eigenvalue weighted by Crippen LogP contribution is -1.98. The third kappa shape index (κ3) is 3.73. The Hall–Kier alpha value is -2.29. The van der Waals surface area contributed by atoms with Crippen molar-refractivity contribution in [2.75, 3.05) is 7.11 Å². The van der Waals surface area contributed by atoms with Gasteiger partial charge in [-0.05, 0) is 24.3 Å². The first kappa shape index (κ1) is 17.1. The van der Waals surface area contributed by atoms with Gasteiger partial charge in [-0.3, -0.25) is 9.55 Å². The van der Waals surface area contributed by atoms with Gasteiger partial charge in [0.15, 0.2) is 17.2 Å². The Bertz CT molecular complexity index is 879. The molecule has 7 nitrogen and oxygen atoms in total. The lowest BCUT2D eigenvalue weighted by Gasteiger charge is -2.07. The molecule has 2 aromatic carbocycles. The van der Waals surface area contributed by atoms with Gasteiger partial charge in [-0.15, -0.1) is 0 Å². The van der Waals surface area contributed by atoms with Crippen molar-refractivity contribution in [3.63, 3.8) is 0 Å². The van der Waals surface area contributed by atoms with Crippen LogP contribution in [0.25, 0.3) is 0 Å². The molecule has 2 aromatic rings. The van der Waals surface area contributed by atoms with Crippen LogP contribution in [0.2, 0.25) is 5.02 Å². The third-order valence-corrected chi connectivity index (χ3v) is 3.98. The summed E-state index contributed by atoms with van der Waals surface area (Å²) in [7, 11) is -3.27. The summed E-state index contributed by atoms with van der Waals surface area (Å²) in [4.78, 5) is 3.14. The Morgan fingerprint density at radius 3 is 2.52 bits per heavy atom. The molecule has 23 heavy (non-hydrogen) atoms. The first-order valence-corrected chi connectivity index (χ1v) is 7.96. The van der Waals surface area contributed by atoms with Crippen molar-refractivity contribution in [1.29, 1.82) is 0 Å². The quantitative estimate of drug-likeness (QED) is 0.572. The Labute approximate surface area is 137 Å². The standard InChI is InChI=1S/C14H12ClNO6S/c1-22-11-4-2-3-8(13(11)17)7-16-10-5-9(15)6-12(14(10)18)23(19,20)21/h2-7,17-18H,1H3,(H,19,20,21). The van der Waals surface area contributed by atoms with Crippen LogP contribution >= 0.6 is 11.6 Å². The lowest BCUT2D eigenvalue weighted by atomic mass is 10.2. The minimum Gasteiger partial charge on any atom is -0.504 e. The van der Waals surface area contributed by atoms with Crippen molar-refractivity contribution >= 4 is 33.6 Å². The van der Waals surface area contributed by atoms with Crippen molar-refractivity contribution < 1.29 is 27.9 Å². The molecule has 2 rings (SSSR count). The molecular weight excluding hydrogens is 346 g/mol. The summed E-state index contributed by atoms with van der Waals surface area (Å²) in [6, 6.07) is 6.79. The SMILES string of the molecule is COc1cccc(C=Nc2cc(Cl)cc(S(=O)(=O)O)c2O)c1O. The highest BCUT2D eigenvalue weighted by atomic mass is 35.5. The van der Waals surface area contributed by atoms with E-state index in [9.17, 15) is 18.6 Å². The van der Waals surface area contributed by atoms with Gasteiger partial charge in [0.2, 0.25) is 0 Å². The minimum absolute atomic E-state index is 0.0440. The summed E-state index contributed by atoms with van der Waals surface area (Å²) in [6.07, 6.45) is 1.19. The minimum atomic E-state index is -4.66. The van der Waals surface area contributed by atoms with E-state index in [2.05, 4.69) is 4.99 Å². The Morgan fingerprint density at radius 2 is 1.91 bits per heavy atom. The highest BCUT2D eigenvalue weighted by molar-refractivity contribution is 7.86. The molecule has 0 aliphatic carbocycles. The zero-order valence-electron chi connectivity index (χ0n) is 11.8. The Balaban J connectivity index is 2.51. The number of halogens is 1. The molecule has 0 saturated heterocycles. The topological polar surface area (TPSA) is 116 Å². The second kappa shape index (κ2) is 6.45. The van der Waals surface area contributed by atoms with Gasteiger partial charge < -0.3 is 14.9 Å². The monoisotopic (exact) mass is 357 g/mol. The number of phenols is 2. The van der Waals surface area contributed by atoms with Gasteiger partial charge in [0.25, 0.3) is 10.1 Å². The highest BCUT2D eigenvalue weighted by Gasteiger charge is 2.19. The normalized spacial score (nSPS) is 11.8. The summed E-state index contributed by atoms with van der Waals surface area (Å²) in [6.45, 7) is 0. The van der Waals surface area contributed by atoms with Gasteiger partial charge in [-0.2, -0.15) is 8.42 Å². The van der Waals surface area contributed by atoms with Crippen LogP contribution in [0.5, 0.6) is 17.2 Å². The zero-order valence-corrected chi connectivity index (χ0v) is 13.3. The van der Waals surface area contributed by atoms with E-state index in [4.69, 9.17) is 20.9 Å². The number of benzene rings is 2. The molecule has 122 valence electrons. The highest BCUT2D eigenvalue weighted by Crippen LogP contribution is 2.37. The van der Waals surface area contributed by atoms with E-state index in [-0.39, 0.29) is 27.8 Å². The number of nitrogens with zero attached hydrogens (tertiary/aromatic N) is 1. The first-order valence-electron chi connectivity index (χ1n) is 6.14. The van der Waals surface area contributed by atoms with Crippen LogP contribution in [0.4, 0.5) is 5.69 Å². The maximum Gasteiger partial charge on any atom is 0.298 e. The van der Waals surface area contributed by atoms with Crippen LogP contribution in [-0.2, 0) is 10.1 Å². The van der Waals surface area contributed by atoms with E-state index in [0.29, 0.717) is 0 Å². The number of para-hydroxylation sites is 1. The van der Waals surface area contributed by atoms with E-state index in [1.807, 2.05) is 0 Å². The smallest absolute Gasteiger partial charge is 0.298 e. The molecule has 3 N–H and O–H groups in total. The third-order valence-electron chi connectivity index (χ3n) is 2.89. The van der Waals surface area contributed by atoms with E-state index >= 15 is 0 Å². The average Bonchev–Trinajstić information content (AvgIpc) is 2.48. The van der Waals surface area contributed by atoms with Crippen LogP contribution in [0.1, 0.15) is 5.56 Å². The molecule has 0 atom stereocenters. The second-order valence-corrected chi connectivity index (χ2v) is 6.23. The average molecular weight is 358 g/mol. The number of hydrogen-bond donors (Lipinski definition) is 3. The van der Waals surface area contributed by atoms with E-state index < -0.39 is 20.8 Å². The van der Waals surface area contributed by atoms with Crippen molar-refractivity contribution in [3.8, 4) is 17.2 Å². The first-order chi connectivity index (χ1) is 10.7. The number of phenolic OH excluding ortho intramolecular Hbond substituents is 2. The van der Waals surface area contributed by atoms with Crippen molar-refractivity contribution in [2.45, 2.75) is 4.90 Å². The van der Waals surface area contributed by atoms with Crippen LogP contribution in [0.15, 0.2) is 40.2 Å². The predicted molar refractivity (Wildman–Crippen MR) is 84.8 cm³/mol.